The fourth-order valence-corrected chi connectivity index (χ4v) is 2.85. The van der Waals surface area contributed by atoms with Crippen LogP contribution in [0.1, 0.15) is 17.0 Å². The highest BCUT2D eigenvalue weighted by Crippen LogP contribution is 2.22. The lowest BCUT2D eigenvalue weighted by Gasteiger charge is -2.11. The second-order valence-corrected chi connectivity index (χ2v) is 5.95. The Bertz CT molecular complexity index is 887. The number of aryl methyl sites for hydroxylation is 2. The van der Waals surface area contributed by atoms with Crippen molar-refractivity contribution in [2.45, 2.75) is 20.3 Å². The molecule has 6 heteroatoms. The largest absolute Gasteiger partial charge is 0.383 e. The minimum absolute atomic E-state index is 0.0418. The van der Waals surface area contributed by atoms with Gasteiger partial charge in [-0.15, -0.1) is 0 Å². The molecule has 0 saturated heterocycles. The molecule has 1 aromatic carbocycles. The molecule has 0 aliphatic heterocycles. The quantitative estimate of drug-likeness (QED) is 0.700. The van der Waals surface area contributed by atoms with Gasteiger partial charge in [-0.3, -0.25) is 4.79 Å². The molecule has 0 spiro atoms. The fourth-order valence-electron chi connectivity index (χ4n) is 2.85. The average molecular weight is 338 g/mol. The minimum atomic E-state index is -0.0418. The van der Waals surface area contributed by atoms with Gasteiger partial charge in [0, 0.05) is 42.2 Å². The SMILES string of the molecule is COCCNC(=O)Cc1c(C)nc2cc(-c3ccccc3)nn2c1C. The normalized spacial score (nSPS) is 11.0. The first-order chi connectivity index (χ1) is 12.1. The third kappa shape index (κ3) is 3.69. The van der Waals surface area contributed by atoms with E-state index in [4.69, 9.17) is 4.74 Å². The van der Waals surface area contributed by atoms with Gasteiger partial charge in [-0.05, 0) is 13.8 Å². The molecular weight excluding hydrogens is 316 g/mol. The topological polar surface area (TPSA) is 68.5 Å². The Hall–Kier alpha value is -2.73. The fraction of sp³-hybridized carbons (Fsp3) is 0.316. The van der Waals surface area contributed by atoms with E-state index in [9.17, 15) is 4.79 Å². The van der Waals surface area contributed by atoms with Gasteiger partial charge < -0.3 is 10.1 Å². The summed E-state index contributed by atoms with van der Waals surface area (Å²) >= 11 is 0. The van der Waals surface area contributed by atoms with Gasteiger partial charge in [-0.1, -0.05) is 30.3 Å². The van der Waals surface area contributed by atoms with Crippen molar-refractivity contribution in [2.75, 3.05) is 20.3 Å². The second-order valence-electron chi connectivity index (χ2n) is 5.95. The number of amides is 1. The number of carbonyl (C=O) groups excluding carboxylic acids is 1. The second kappa shape index (κ2) is 7.44. The van der Waals surface area contributed by atoms with Crippen LogP contribution in [0.3, 0.4) is 0 Å². The molecule has 0 radical (unpaired) electrons. The van der Waals surface area contributed by atoms with Crippen molar-refractivity contribution in [1.82, 2.24) is 19.9 Å². The third-order valence-corrected chi connectivity index (χ3v) is 4.20. The highest BCUT2D eigenvalue weighted by molar-refractivity contribution is 5.79. The van der Waals surface area contributed by atoms with Crippen LogP contribution in [0.4, 0.5) is 0 Å². The lowest BCUT2D eigenvalue weighted by Crippen LogP contribution is -2.29. The molecule has 130 valence electrons. The summed E-state index contributed by atoms with van der Waals surface area (Å²) < 4.78 is 6.76. The third-order valence-electron chi connectivity index (χ3n) is 4.20. The molecule has 2 aromatic heterocycles. The van der Waals surface area contributed by atoms with Crippen molar-refractivity contribution < 1.29 is 9.53 Å². The van der Waals surface area contributed by atoms with Gasteiger partial charge in [0.1, 0.15) is 0 Å². The monoisotopic (exact) mass is 338 g/mol. The molecular formula is C19H22N4O2. The number of hydrogen-bond acceptors (Lipinski definition) is 4. The van der Waals surface area contributed by atoms with Crippen LogP contribution in [0, 0.1) is 13.8 Å². The lowest BCUT2D eigenvalue weighted by atomic mass is 10.1. The first-order valence-electron chi connectivity index (χ1n) is 8.27. The lowest BCUT2D eigenvalue weighted by molar-refractivity contribution is -0.120. The molecule has 0 fully saturated rings. The summed E-state index contributed by atoms with van der Waals surface area (Å²) in [5, 5.41) is 7.51. The molecule has 6 nitrogen and oxygen atoms in total. The summed E-state index contributed by atoms with van der Waals surface area (Å²) in [5.74, 6) is -0.0418. The first kappa shape index (κ1) is 17.1. The zero-order valence-electron chi connectivity index (χ0n) is 14.7. The summed E-state index contributed by atoms with van der Waals surface area (Å²) in [7, 11) is 1.61. The Kier molecular flexibility index (Phi) is 5.09. The van der Waals surface area contributed by atoms with Crippen LogP contribution in [-0.2, 0) is 16.0 Å². The van der Waals surface area contributed by atoms with Crippen molar-refractivity contribution in [3.63, 3.8) is 0 Å². The van der Waals surface area contributed by atoms with Crippen molar-refractivity contribution in [3.05, 3.63) is 53.3 Å². The van der Waals surface area contributed by atoms with Crippen LogP contribution in [0.5, 0.6) is 0 Å². The molecule has 1 N–H and O–H groups in total. The summed E-state index contributed by atoms with van der Waals surface area (Å²) in [6.45, 7) is 4.91. The summed E-state index contributed by atoms with van der Waals surface area (Å²) in [5.41, 5.74) is 5.40. The van der Waals surface area contributed by atoms with Crippen LogP contribution in [0.15, 0.2) is 36.4 Å². The van der Waals surface area contributed by atoms with Crippen molar-refractivity contribution in [3.8, 4) is 11.3 Å². The first-order valence-corrected chi connectivity index (χ1v) is 8.27. The van der Waals surface area contributed by atoms with Crippen LogP contribution in [0.2, 0.25) is 0 Å². The van der Waals surface area contributed by atoms with Crippen LogP contribution in [-0.4, -0.2) is 40.8 Å². The van der Waals surface area contributed by atoms with Crippen molar-refractivity contribution >= 4 is 11.6 Å². The Balaban J connectivity index is 1.91. The van der Waals surface area contributed by atoms with E-state index in [-0.39, 0.29) is 12.3 Å². The number of benzene rings is 1. The predicted octanol–water partition coefficient (Wildman–Crippen LogP) is 2.32. The van der Waals surface area contributed by atoms with E-state index in [0.717, 1.165) is 33.9 Å². The molecule has 0 bridgehead atoms. The van der Waals surface area contributed by atoms with Gasteiger partial charge in [-0.2, -0.15) is 5.10 Å². The number of methoxy groups -OCH3 is 1. The van der Waals surface area contributed by atoms with E-state index in [1.54, 1.807) is 7.11 Å². The predicted molar refractivity (Wildman–Crippen MR) is 96.5 cm³/mol. The minimum Gasteiger partial charge on any atom is -0.383 e. The molecule has 0 saturated carbocycles. The summed E-state index contributed by atoms with van der Waals surface area (Å²) in [6, 6.07) is 12.0. The smallest absolute Gasteiger partial charge is 0.224 e. The zero-order valence-corrected chi connectivity index (χ0v) is 14.7. The standard InChI is InChI=1S/C19H22N4O2/c1-13-16(11-19(24)20-9-10-25-3)14(2)23-18(21-13)12-17(22-23)15-7-5-4-6-8-15/h4-8,12H,9-11H2,1-3H3,(H,20,24). The Morgan fingerprint density at radius 3 is 2.72 bits per heavy atom. The summed E-state index contributed by atoms with van der Waals surface area (Å²) in [6.07, 6.45) is 0.283. The van der Waals surface area contributed by atoms with Crippen LogP contribution < -0.4 is 5.32 Å². The molecule has 0 aliphatic carbocycles. The Labute approximate surface area is 146 Å². The number of fused-ring (bicyclic) bond motifs is 1. The average Bonchev–Trinajstić information content (AvgIpc) is 3.04. The number of nitrogens with zero attached hydrogens (tertiary/aromatic N) is 3. The molecule has 0 atom stereocenters. The molecule has 3 rings (SSSR count). The van der Waals surface area contributed by atoms with Crippen LogP contribution >= 0.6 is 0 Å². The highest BCUT2D eigenvalue weighted by atomic mass is 16.5. The number of nitrogens with one attached hydrogen (secondary N) is 1. The van der Waals surface area contributed by atoms with E-state index >= 15 is 0 Å². The van der Waals surface area contributed by atoms with E-state index < -0.39 is 0 Å². The Morgan fingerprint density at radius 2 is 2.00 bits per heavy atom. The highest BCUT2D eigenvalue weighted by Gasteiger charge is 2.15. The van der Waals surface area contributed by atoms with Gasteiger partial charge in [0.2, 0.25) is 5.91 Å². The van der Waals surface area contributed by atoms with E-state index in [0.29, 0.717) is 13.2 Å². The summed E-state index contributed by atoms with van der Waals surface area (Å²) in [4.78, 5) is 16.8. The maximum Gasteiger partial charge on any atom is 0.224 e. The number of rotatable bonds is 6. The molecule has 2 heterocycles. The van der Waals surface area contributed by atoms with Gasteiger partial charge >= 0.3 is 0 Å². The van der Waals surface area contributed by atoms with E-state index in [1.807, 2.05) is 54.8 Å². The number of hydrogen-bond donors (Lipinski definition) is 1. The van der Waals surface area contributed by atoms with Gasteiger partial charge in [-0.25, -0.2) is 9.50 Å². The molecule has 25 heavy (non-hydrogen) atoms. The number of aromatic nitrogens is 3. The number of ether oxygens (including phenoxy) is 1. The van der Waals surface area contributed by atoms with Crippen molar-refractivity contribution in [1.29, 1.82) is 0 Å². The van der Waals surface area contributed by atoms with Crippen molar-refractivity contribution in [2.24, 2.45) is 0 Å². The zero-order chi connectivity index (χ0) is 17.8. The molecule has 3 aromatic rings. The van der Waals surface area contributed by atoms with Gasteiger partial charge in [0.15, 0.2) is 5.65 Å². The number of carbonyl (C=O) groups is 1. The molecule has 1 amide bonds. The maximum atomic E-state index is 12.1. The molecule has 0 aliphatic rings. The van der Waals surface area contributed by atoms with Gasteiger partial charge in [0.05, 0.1) is 18.7 Å². The van der Waals surface area contributed by atoms with E-state index in [1.165, 1.54) is 0 Å². The van der Waals surface area contributed by atoms with E-state index in [2.05, 4.69) is 15.4 Å². The van der Waals surface area contributed by atoms with Gasteiger partial charge in [0.25, 0.3) is 0 Å². The van der Waals surface area contributed by atoms with Crippen LogP contribution in [0.25, 0.3) is 16.9 Å². The Morgan fingerprint density at radius 1 is 1.24 bits per heavy atom. The molecule has 0 unspecified atom stereocenters. The maximum absolute atomic E-state index is 12.1.